The number of carbonyl (C=O) groups excluding carboxylic acids is 2. The quantitative estimate of drug-likeness (QED) is 0.493. The summed E-state index contributed by atoms with van der Waals surface area (Å²) in [5, 5.41) is 6.78. The summed E-state index contributed by atoms with van der Waals surface area (Å²) in [4.78, 5) is 35.2. The van der Waals surface area contributed by atoms with Crippen molar-refractivity contribution in [1.29, 1.82) is 0 Å². The van der Waals surface area contributed by atoms with E-state index < -0.39 is 53.9 Å². The second-order valence-corrected chi connectivity index (χ2v) is 9.97. The van der Waals surface area contributed by atoms with Crippen molar-refractivity contribution in [2.75, 3.05) is 18.8 Å². The molecule has 1 aliphatic carbocycles. The zero-order valence-corrected chi connectivity index (χ0v) is 20.4. The summed E-state index contributed by atoms with van der Waals surface area (Å²) in [7, 11) is 0. The number of aryl methyl sites for hydroxylation is 1. The number of hydrogen-bond acceptors (Lipinski definition) is 6. The molecular weight excluding hydrogens is 513 g/mol. The highest BCUT2D eigenvalue weighted by atomic mass is 19.4. The second kappa shape index (κ2) is 8.88. The Kier molecular flexibility index (Phi) is 6.03. The summed E-state index contributed by atoms with van der Waals surface area (Å²) in [6, 6.07) is 1.85. The first-order chi connectivity index (χ1) is 17.7. The van der Waals surface area contributed by atoms with Gasteiger partial charge in [0.15, 0.2) is 5.82 Å². The van der Waals surface area contributed by atoms with E-state index in [1.54, 1.807) is 6.92 Å². The molecule has 3 aromatic rings. The summed E-state index contributed by atoms with van der Waals surface area (Å²) < 4.78 is 68.5. The monoisotopic (exact) mass is 537 g/mol. The van der Waals surface area contributed by atoms with E-state index in [2.05, 4.69) is 20.4 Å². The van der Waals surface area contributed by atoms with E-state index in [-0.39, 0.29) is 41.0 Å². The minimum Gasteiger partial charge on any atom is -0.382 e. The Morgan fingerprint density at radius 1 is 1.16 bits per heavy atom. The van der Waals surface area contributed by atoms with Crippen LogP contribution in [0.1, 0.15) is 41.4 Å². The fourth-order valence-electron chi connectivity index (χ4n) is 5.07. The minimum absolute atomic E-state index is 0.0197. The first-order valence-corrected chi connectivity index (χ1v) is 11.9. The van der Waals surface area contributed by atoms with Gasteiger partial charge in [-0.15, -0.1) is 0 Å². The van der Waals surface area contributed by atoms with Crippen LogP contribution in [0, 0.1) is 18.8 Å². The van der Waals surface area contributed by atoms with Gasteiger partial charge in [0.1, 0.15) is 11.8 Å². The van der Waals surface area contributed by atoms with Crippen LogP contribution in [0.5, 0.6) is 0 Å². The fourth-order valence-corrected chi connectivity index (χ4v) is 5.07. The Morgan fingerprint density at radius 2 is 1.87 bits per heavy atom. The molecule has 0 spiro atoms. The number of nitrogens with zero attached hydrogens (tertiary/aromatic N) is 5. The van der Waals surface area contributed by atoms with Gasteiger partial charge in [-0.1, -0.05) is 6.92 Å². The third-order valence-corrected chi connectivity index (χ3v) is 7.20. The van der Waals surface area contributed by atoms with E-state index >= 15 is 0 Å². The molecule has 2 atom stereocenters. The van der Waals surface area contributed by atoms with Crippen molar-refractivity contribution in [2.45, 2.75) is 44.8 Å². The molecule has 2 fully saturated rings. The van der Waals surface area contributed by atoms with Crippen LogP contribution in [-0.4, -0.2) is 61.4 Å². The van der Waals surface area contributed by atoms with Gasteiger partial charge in [-0.05, 0) is 25.0 Å². The maximum atomic E-state index is 13.7. The van der Waals surface area contributed by atoms with Gasteiger partial charge in [-0.25, -0.2) is 18.3 Å². The zero-order chi connectivity index (χ0) is 27.6. The first-order valence-electron chi connectivity index (χ1n) is 11.9. The van der Waals surface area contributed by atoms with Crippen LogP contribution in [0.3, 0.4) is 0 Å². The SMILES string of the molecule is Cc1ncc(-c2cc(C(F)(F)F)c3c(N)ncnn23)cc1C(=O)N[C@@H]1CN(C(=O)C2CC(F)(F)C2)C[C@@H]1C. The highest BCUT2D eigenvalue weighted by Crippen LogP contribution is 2.44. The van der Waals surface area contributed by atoms with Gasteiger partial charge < -0.3 is 16.0 Å². The van der Waals surface area contributed by atoms with Gasteiger partial charge in [0.25, 0.3) is 5.91 Å². The van der Waals surface area contributed by atoms with Crippen LogP contribution in [0.4, 0.5) is 27.8 Å². The second-order valence-electron chi connectivity index (χ2n) is 9.97. The molecule has 1 aliphatic heterocycles. The molecule has 0 unspecified atom stereocenters. The number of alkyl halides is 5. The van der Waals surface area contributed by atoms with Crippen molar-refractivity contribution in [3.63, 3.8) is 0 Å². The number of likely N-dealkylation sites (tertiary alicyclic amines) is 1. The molecule has 1 saturated heterocycles. The predicted molar refractivity (Wildman–Crippen MR) is 125 cm³/mol. The molecule has 0 bridgehead atoms. The summed E-state index contributed by atoms with van der Waals surface area (Å²) in [6.07, 6.45) is -3.29. The Labute approximate surface area is 213 Å². The third kappa shape index (κ3) is 4.52. The minimum atomic E-state index is -4.72. The lowest BCUT2D eigenvalue weighted by Gasteiger charge is -2.36. The maximum Gasteiger partial charge on any atom is 0.418 e. The molecule has 1 saturated carbocycles. The molecule has 9 nitrogen and oxygen atoms in total. The number of anilines is 1. The highest BCUT2D eigenvalue weighted by molar-refractivity contribution is 5.96. The lowest BCUT2D eigenvalue weighted by molar-refractivity contribution is -0.159. The summed E-state index contributed by atoms with van der Waals surface area (Å²) in [6.45, 7) is 3.92. The van der Waals surface area contributed by atoms with Gasteiger partial charge >= 0.3 is 6.18 Å². The van der Waals surface area contributed by atoms with Crippen LogP contribution < -0.4 is 11.1 Å². The summed E-state index contributed by atoms with van der Waals surface area (Å²) in [5.74, 6) is -4.88. The van der Waals surface area contributed by atoms with Gasteiger partial charge in [0.05, 0.1) is 28.6 Å². The van der Waals surface area contributed by atoms with Crippen LogP contribution in [-0.2, 0) is 11.0 Å². The third-order valence-electron chi connectivity index (χ3n) is 7.20. The summed E-state index contributed by atoms with van der Waals surface area (Å²) in [5.41, 5.74) is 4.97. The lowest BCUT2D eigenvalue weighted by atomic mass is 9.80. The molecule has 2 aliphatic rings. The van der Waals surface area contributed by atoms with Crippen molar-refractivity contribution in [3.8, 4) is 11.3 Å². The number of hydrogen-bond donors (Lipinski definition) is 2. The van der Waals surface area contributed by atoms with Crippen LogP contribution in [0.2, 0.25) is 0 Å². The molecule has 5 rings (SSSR count). The van der Waals surface area contributed by atoms with Crippen molar-refractivity contribution in [2.24, 2.45) is 11.8 Å². The first kappa shape index (κ1) is 25.8. The van der Waals surface area contributed by atoms with Gasteiger partial charge in [0.2, 0.25) is 11.8 Å². The van der Waals surface area contributed by atoms with Crippen molar-refractivity contribution >= 4 is 23.1 Å². The molecule has 14 heteroatoms. The molecule has 0 aromatic carbocycles. The number of rotatable bonds is 4. The van der Waals surface area contributed by atoms with E-state index in [9.17, 15) is 31.5 Å². The Balaban J connectivity index is 1.39. The number of nitrogen functional groups attached to an aromatic ring is 1. The number of halogens is 5. The van der Waals surface area contributed by atoms with Crippen LogP contribution >= 0.6 is 0 Å². The predicted octanol–water partition coefficient (Wildman–Crippen LogP) is 3.32. The Hall–Kier alpha value is -3.84. The number of pyridine rings is 1. The topological polar surface area (TPSA) is 119 Å². The number of aromatic nitrogens is 4. The maximum absolute atomic E-state index is 13.7. The van der Waals surface area contributed by atoms with Crippen molar-refractivity contribution in [1.82, 2.24) is 29.8 Å². The van der Waals surface area contributed by atoms with Crippen molar-refractivity contribution in [3.05, 3.63) is 41.5 Å². The lowest BCUT2D eigenvalue weighted by Crippen LogP contribution is -2.47. The van der Waals surface area contributed by atoms with E-state index in [1.165, 1.54) is 17.2 Å². The number of amides is 2. The molecule has 0 radical (unpaired) electrons. The van der Waals surface area contributed by atoms with E-state index in [0.29, 0.717) is 12.2 Å². The van der Waals surface area contributed by atoms with Gasteiger partial charge in [-0.3, -0.25) is 14.6 Å². The Bertz CT molecular complexity index is 1430. The molecule has 38 heavy (non-hydrogen) atoms. The zero-order valence-electron chi connectivity index (χ0n) is 20.4. The summed E-state index contributed by atoms with van der Waals surface area (Å²) >= 11 is 0. The van der Waals surface area contributed by atoms with E-state index in [1.807, 2.05) is 6.92 Å². The molecule has 3 N–H and O–H groups in total. The standard InChI is InChI=1S/C24H24F5N7O2/c1-11-8-35(22(38)14-5-23(25,26)6-14)9-17(11)34-21(37)15-3-13(7-31-12(15)2)18-4-16(24(27,28)29)19-20(30)32-10-33-36(18)19/h3-4,7,10-11,14,17H,5-6,8-9H2,1-2H3,(H,34,37)(H2,30,32,33)/t11-,17+/m0/s1. The number of carbonyl (C=O) groups is 2. The Morgan fingerprint density at radius 3 is 2.53 bits per heavy atom. The largest absolute Gasteiger partial charge is 0.418 e. The average Bonchev–Trinajstić information content (AvgIpc) is 3.39. The average molecular weight is 537 g/mol. The van der Waals surface area contributed by atoms with Gasteiger partial charge in [0, 0.05) is 43.6 Å². The normalized spacial score (nSPS) is 21.5. The van der Waals surface area contributed by atoms with Crippen LogP contribution in [0.25, 0.3) is 16.8 Å². The van der Waals surface area contributed by atoms with E-state index in [0.717, 1.165) is 16.9 Å². The van der Waals surface area contributed by atoms with E-state index in [4.69, 9.17) is 5.73 Å². The number of nitrogens with two attached hydrogens (primary N) is 1. The van der Waals surface area contributed by atoms with Gasteiger partial charge in [-0.2, -0.15) is 18.3 Å². The number of nitrogens with one attached hydrogen (secondary N) is 1. The molecule has 4 heterocycles. The smallest absolute Gasteiger partial charge is 0.382 e. The molecule has 202 valence electrons. The van der Waals surface area contributed by atoms with Crippen LogP contribution in [0.15, 0.2) is 24.7 Å². The molecule has 3 aromatic heterocycles. The molecular formula is C24H24F5N7O2. The van der Waals surface area contributed by atoms with Crippen molar-refractivity contribution < 1.29 is 31.5 Å². The number of fused-ring (bicyclic) bond motifs is 1. The molecule has 2 amide bonds. The fraction of sp³-hybridized carbons (Fsp3) is 0.458. The highest BCUT2D eigenvalue weighted by Gasteiger charge is 2.51.